The summed E-state index contributed by atoms with van der Waals surface area (Å²) in [5.74, 6) is 4.22. The average molecular weight is 400 g/mol. The first-order chi connectivity index (χ1) is 14.0. The molecule has 154 valence electrons. The van der Waals surface area contributed by atoms with Crippen molar-refractivity contribution in [3.05, 3.63) is 64.5 Å². The number of halogens is 3. The highest BCUT2D eigenvalue weighted by Crippen LogP contribution is 2.38. The minimum absolute atomic E-state index is 0.0145. The van der Waals surface area contributed by atoms with Gasteiger partial charge >= 0.3 is 0 Å². The van der Waals surface area contributed by atoms with Crippen molar-refractivity contribution in [2.45, 2.75) is 58.3 Å². The summed E-state index contributed by atoms with van der Waals surface area (Å²) in [6, 6.07) is 8.21. The van der Waals surface area contributed by atoms with E-state index in [2.05, 4.69) is 11.8 Å². The molecule has 3 rings (SSSR count). The first kappa shape index (κ1) is 21.3. The Kier molecular flexibility index (Phi) is 7.25. The molecule has 0 atom stereocenters. The molecular formula is C25H27F3O. The highest BCUT2D eigenvalue weighted by Gasteiger charge is 2.26. The molecule has 1 fully saturated rings. The number of benzene rings is 2. The molecule has 4 heteroatoms. The summed E-state index contributed by atoms with van der Waals surface area (Å²) in [6.45, 7) is 4.24. The van der Waals surface area contributed by atoms with Gasteiger partial charge in [0.1, 0.15) is 5.82 Å². The molecule has 0 heterocycles. The fourth-order valence-electron chi connectivity index (χ4n) is 3.75. The molecule has 0 N–H and O–H groups in total. The molecule has 0 saturated heterocycles. The third-order valence-corrected chi connectivity index (χ3v) is 5.53. The predicted octanol–water partition coefficient (Wildman–Crippen LogP) is 6.92. The summed E-state index contributed by atoms with van der Waals surface area (Å²) < 4.78 is 48.2. The van der Waals surface area contributed by atoms with E-state index >= 15 is 0 Å². The lowest BCUT2D eigenvalue weighted by Crippen LogP contribution is -2.14. The maximum atomic E-state index is 14.6. The van der Waals surface area contributed by atoms with Crippen LogP contribution in [0.15, 0.2) is 30.3 Å². The van der Waals surface area contributed by atoms with Crippen LogP contribution < -0.4 is 4.74 Å². The number of unbranched alkanes of at least 4 members (excludes halogenated alkanes) is 1. The van der Waals surface area contributed by atoms with Gasteiger partial charge < -0.3 is 4.74 Å². The van der Waals surface area contributed by atoms with E-state index in [0.717, 1.165) is 44.1 Å². The van der Waals surface area contributed by atoms with Crippen LogP contribution in [-0.2, 0) is 0 Å². The van der Waals surface area contributed by atoms with Gasteiger partial charge in [-0.1, -0.05) is 37.3 Å². The minimum Gasteiger partial charge on any atom is -0.490 e. The molecule has 0 radical (unpaired) electrons. The second kappa shape index (κ2) is 9.87. The zero-order valence-electron chi connectivity index (χ0n) is 17.0. The van der Waals surface area contributed by atoms with E-state index in [4.69, 9.17) is 4.74 Å². The third kappa shape index (κ3) is 5.35. The fraction of sp³-hybridized carbons (Fsp3) is 0.440. The monoisotopic (exact) mass is 400 g/mol. The molecular weight excluding hydrogens is 373 g/mol. The van der Waals surface area contributed by atoms with E-state index < -0.39 is 11.6 Å². The molecule has 0 aromatic heterocycles. The maximum absolute atomic E-state index is 14.6. The van der Waals surface area contributed by atoms with Gasteiger partial charge in [0.2, 0.25) is 5.82 Å². The van der Waals surface area contributed by atoms with Crippen LogP contribution in [0.5, 0.6) is 5.75 Å². The van der Waals surface area contributed by atoms with Crippen LogP contribution in [0, 0.1) is 42.1 Å². The SMILES string of the molecule is CCCCOc1ccc(C2CCC(C#Cc3ccc(C)cc3F)CC2)c(F)c1F. The average Bonchev–Trinajstić information content (AvgIpc) is 2.71. The lowest BCUT2D eigenvalue weighted by molar-refractivity contribution is 0.286. The van der Waals surface area contributed by atoms with E-state index in [1.807, 2.05) is 19.9 Å². The molecule has 0 bridgehead atoms. The van der Waals surface area contributed by atoms with E-state index in [1.54, 1.807) is 12.1 Å². The Bertz CT molecular complexity index is 902. The van der Waals surface area contributed by atoms with Gasteiger partial charge in [0.15, 0.2) is 11.6 Å². The summed E-state index contributed by atoms with van der Waals surface area (Å²) in [7, 11) is 0. The molecule has 1 aliphatic rings. The zero-order chi connectivity index (χ0) is 20.8. The molecule has 0 unspecified atom stereocenters. The van der Waals surface area contributed by atoms with Gasteiger partial charge in [0, 0.05) is 5.92 Å². The lowest BCUT2D eigenvalue weighted by Gasteiger charge is -2.26. The summed E-state index contributed by atoms with van der Waals surface area (Å²) in [5.41, 5.74) is 1.69. The maximum Gasteiger partial charge on any atom is 0.200 e. The minimum atomic E-state index is -0.893. The summed E-state index contributed by atoms with van der Waals surface area (Å²) in [4.78, 5) is 0. The normalized spacial score (nSPS) is 18.8. The topological polar surface area (TPSA) is 9.23 Å². The second-order valence-corrected chi connectivity index (χ2v) is 7.78. The van der Waals surface area contributed by atoms with Gasteiger partial charge in [0.25, 0.3) is 0 Å². The summed E-state index contributed by atoms with van der Waals surface area (Å²) in [5, 5.41) is 0. The van der Waals surface area contributed by atoms with E-state index in [-0.39, 0.29) is 23.4 Å². The van der Waals surface area contributed by atoms with Gasteiger partial charge in [0.05, 0.1) is 12.2 Å². The van der Waals surface area contributed by atoms with Crippen molar-refractivity contribution in [1.82, 2.24) is 0 Å². The molecule has 1 nitrogen and oxygen atoms in total. The smallest absolute Gasteiger partial charge is 0.200 e. The van der Waals surface area contributed by atoms with Crippen LogP contribution in [-0.4, -0.2) is 6.61 Å². The van der Waals surface area contributed by atoms with Crippen LogP contribution in [0.3, 0.4) is 0 Å². The Labute approximate surface area is 171 Å². The van der Waals surface area contributed by atoms with Crippen molar-refractivity contribution >= 4 is 0 Å². The fourth-order valence-corrected chi connectivity index (χ4v) is 3.75. The first-order valence-electron chi connectivity index (χ1n) is 10.4. The molecule has 2 aromatic rings. The summed E-state index contributed by atoms with van der Waals surface area (Å²) >= 11 is 0. The Morgan fingerprint density at radius 3 is 2.45 bits per heavy atom. The highest BCUT2D eigenvalue weighted by molar-refractivity contribution is 5.38. The largest absolute Gasteiger partial charge is 0.490 e. The molecule has 0 aliphatic heterocycles. The molecule has 0 amide bonds. The van der Waals surface area contributed by atoms with E-state index in [9.17, 15) is 13.2 Å². The number of hydrogen-bond acceptors (Lipinski definition) is 1. The molecule has 2 aromatic carbocycles. The van der Waals surface area contributed by atoms with Crippen molar-refractivity contribution in [2.24, 2.45) is 5.92 Å². The second-order valence-electron chi connectivity index (χ2n) is 7.78. The zero-order valence-corrected chi connectivity index (χ0v) is 17.0. The van der Waals surface area contributed by atoms with E-state index in [0.29, 0.717) is 17.7 Å². The highest BCUT2D eigenvalue weighted by atomic mass is 19.2. The Morgan fingerprint density at radius 2 is 1.76 bits per heavy atom. The van der Waals surface area contributed by atoms with Gasteiger partial charge in [-0.25, -0.2) is 8.78 Å². The Balaban J connectivity index is 1.62. The van der Waals surface area contributed by atoms with Crippen LogP contribution in [0.4, 0.5) is 13.2 Å². The van der Waals surface area contributed by atoms with E-state index in [1.165, 1.54) is 12.1 Å². The van der Waals surface area contributed by atoms with Crippen molar-refractivity contribution < 1.29 is 17.9 Å². The third-order valence-electron chi connectivity index (χ3n) is 5.53. The summed E-state index contributed by atoms with van der Waals surface area (Å²) in [6.07, 6.45) is 4.80. The number of ether oxygens (including phenoxy) is 1. The Morgan fingerprint density at radius 1 is 1.00 bits per heavy atom. The van der Waals surface area contributed by atoms with Crippen molar-refractivity contribution in [3.63, 3.8) is 0 Å². The molecule has 29 heavy (non-hydrogen) atoms. The Hall–Kier alpha value is -2.41. The molecule has 1 aliphatic carbocycles. The van der Waals surface area contributed by atoms with Crippen molar-refractivity contribution in [1.29, 1.82) is 0 Å². The molecule has 0 spiro atoms. The predicted molar refractivity (Wildman–Crippen MR) is 109 cm³/mol. The van der Waals surface area contributed by atoms with Crippen LogP contribution in [0.1, 0.15) is 68.1 Å². The first-order valence-corrected chi connectivity index (χ1v) is 10.4. The number of hydrogen-bond donors (Lipinski definition) is 0. The molecule has 1 saturated carbocycles. The van der Waals surface area contributed by atoms with Crippen LogP contribution in [0.25, 0.3) is 0 Å². The quantitative estimate of drug-likeness (QED) is 0.391. The van der Waals surface area contributed by atoms with Gasteiger partial charge in [-0.2, -0.15) is 4.39 Å². The number of rotatable bonds is 5. The standard InChI is InChI=1S/C25H27F3O/c1-3-4-15-29-23-14-13-21(24(27)25(23)28)19-10-6-18(7-11-19)8-12-20-9-5-17(2)16-22(20)26/h5,9,13-14,16,18-19H,3-4,6-7,10-11,15H2,1-2H3. The van der Waals surface area contributed by atoms with Crippen molar-refractivity contribution in [3.8, 4) is 17.6 Å². The van der Waals surface area contributed by atoms with Gasteiger partial charge in [-0.05, 0) is 74.3 Å². The lowest BCUT2D eigenvalue weighted by atomic mass is 9.78. The van der Waals surface area contributed by atoms with Gasteiger partial charge in [-0.15, -0.1) is 0 Å². The van der Waals surface area contributed by atoms with Crippen LogP contribution >= 0.6 is 0 Å². The van der Waals surface area contributed by atoms with Gasteiger partial charge in [-0.3, -0.25) is 0 Å². The van der Waals surface area contributed by atoms with Crippen LogP contribution in [0.2, 0.25) is 0 Å². The van der Waals surface area contributed by atoms with Crippen molar-refractivity contribution in [2.75, 3.05) is 6.61 Å². The number of aryl methyl sites for hydroxylation is 1.